The maximum Gasteiger partial charge on any atom is 0.251 e. The number of ether oxygens (including phenoxy) is 3. The van der Waals surface area contributed by atoms with Crippen LogP contribution in [0.4, 0.5) is 11.4 Å². The van der Waals surface area contributed by atoms with Gasteiger partial charge in [-0.05, 0) is 183 Å². The molecule has 484 valence electrons. The number of hydrogen-bond acceptors (Lipinski definition) is 13. The first-order chi connectivity index (χ1) is 46.3. The van der Waals surface area contributed by atoms with E-state index >= 15 is 0 Å². The summed E-state index contributed by atoms with van der Waals surface area (Å²) >= 11 is 0. The summed E-state index contributed by atoms with van der Waals surface area (Å²) in [6.07, 6.45) is 2.71. The lowest BCUT2D eigenvalue weighted by atomic mass is 9.98. The Morgan fingerprint density at radius 1 is 0.379 bits per heavy atom. The molecule has 0 aliphatic carbocycles. The Morgan fingerprint density at radius 3 is 1.06 bits per heavy atom. The van der Waals surface area contributed by atoms with Crippen molar-refractivity contribution in [3.05, 3.63) is 214 Å². The third kappa shape index (κ3) is 16.6. The first-order valence-corrected chi connectivity index (χ1v) is 32.3. The molecular weight excluding hydrogens is 1190 g/mol. The number of fused-ring (bicyclic) bond motifs is 4. The highest BCUT2D eigenvalue weighted by atomic mass is 16.5. The van der Waals surface area contributed by atoms with Gasteiger partial charge in [-0.3, -0.25) is 29.2 Å². The Labute approximate surface area is 552 Å². The molecule has 8 aromatic carbocycles. The predicted molar refractivity (Wildman–Crippen MR) is 375 cm³/mol. The van der Waals surface area contributed by atoms with Gasteiger partial charge >= 0.3 is 0 Å². The lowest BCUT2D eigenvalue weighted by molar-refractivity contribution is 0.0139. The van der Waals surface area contributed by atoms with Gasteiger partial charge in [-0.2, -0.15) is 0 Å². The minimum Gasteiger partial charge on any atom is -0.379 e. The van der Waals surface area contributed by atoms with Crippen molar-refractivity contribution in [3.8, 4) is 45.0 Å². The predicted octanol–water partition coefficient (Wildman–Crippen LogP) is 11.0. The number of carbonyl (C=O) groups excluding carboxylic acids is 4. The average Bonchev–Trinajstić information content (AvgIpc) is 1.68. The molecule has 2 aliphatic rings. The van der Waals surface area contributed by atoms with Gasteiger partial charge in [0.25, 0.3) is 23.6 Å². The van der Waals surface area contributed by atoms with E-state index in [1.54, 1.807) is 0 Å². The lowest BCUT2D eigenvalue weighted by Crippen LogP contribution is -2.31. The molecule has 0 saturated carbocycles. The van der Waals surface area contributed by atoms with Gasteiger partial charge < -0.3 is 55.2 Å². The molecule has 4 heterocycles. The minimum atomic E-state index is -0.138. The third-order valence-electron chi connectivity index (χ3n) is 16.8. The van der Waals surface area contributed by atoms with Gasteiger partial charge in [0.15, 0.2) is 0 Å². The maximum atomic E-state index is 13.0. The largest absolute Gasteiger partial charge is 0.379 e. The van der Waals surface area contributed by atoms with Crippen molar-refractivity contribution in [3.63, 3.8) is 0 Å². The number of nitrogens with zero attached hydrogens (tertiary/aromatic N) is 6. The Kier molecular flexibility index (Phi) is 20.9. The molecule has 0 saturated heterocycles. The van der Waals surface area contributed by atoms with Crippen LogP contribution >= 0.6 is 0 Å². The van der Waals surface area contributed by atoms with Crippen LogP contribution in [0.2, 0.25) is 0 Å². The topological polar surface area (TPSA) is 233 Å². The quantitative estimate of drug-likeness (QED) is 0.0232. The smallest absolute Gasteiger partial charge is 0.251 e. The van der Waals surface area contributed by atoms with E-state index in [1.165, 1.54) is 0 Å². The second kappa shape index (κ2) is 30.6. The van der Waals surface area contributed by atoms with Gasteiger partial charge in [0.05, 0.1) is 71.3 Å². The minimum absolute atomic E-state index is 0.0950. The van der Waals surface area contributed by atoms with E-state index in [-0.39, 0.29) is 23.6 Å². The summed E-state index contributed by atoms with van der Waals surface area (Å²) in [5.74, 6) is 1.02. The standard InChI is InChI=1S/C76H78N12O7/c1-87(2)35-33-79-75(91)55-19-11-51(12-20-55)71-83-65-29-25-59(45-69(65)85-71)57-23-27-63-61(43-57)47-67(81-63)49-7-15-53(16-8-49)73(89)77-31-5-37-93-39-41-95-42-40-94-38-6-32-78-74(90)54-17-9-50(10-18-54)68-48-62-44-58(24-28-64(62)82-68)60-26-30-66-70(46-60)86-72(84-66)52-13-21-56(22-14-52)76(92)80-34-36-88(3)4/h7-30,43-46H,5-6,31-42,47-48H2,1-4H3,(H,77,89)(H,78,90)(H,79,91)(H,80,92)(H,83,85)(H,84,86). The van der Waals surface area contributed by atoms with E-state index < -0.39 is 0 Å². The van der Waals surface area contributed by atoms with Crippen molar-refractivity contribution >= 4 is 68.5 Å². The molecule has 0 atom stereocenters. The number of aliphatic imine (C=N–C) groups is 2. The molecule has 0 radical (unpaired) electrons. The normalized spacial score (nSPS) is 12.5. The molecule has 0 unspecified atom stereocenters. The zero-order valence-electron chi connectivity index (χ0n) is 54.0. The van der Waals surface area contributed by atoms with Crippen molar-refractivity contribution in [2.24, 2.45) is 9.98 Å². The van der Waals surface area contributed by atoms with Crippen LogP contribution < -0.4 is 21.3 Å². The van der Waals surface area contributed by atoms with Crippen LogP contribution in [0.3, 0.4) is 0 Å². The molecule has 6 N–H and O–H groups in total. The summed E-state index contributed by atoms with van der Waals surface area (Å²) in [5.41, 5.74) is 20.1. The van der Waals surface area contributed by atoms with Crippen LogP contribution in [-0.2, 0) is 27.1 Å². The SMILES string of the molecule is CN(C)CCNC(=O)c1ccc(-c2nc3ccc(-c4ccc5c(c4)CC(c4ccc(C(=O)NCCCOCCOCCOCCCNC(=O)c6ccc(C7=Nc8ccc(-c9ccc%10nc(-c%11ccc(C(=O)NCCN(C)C)cc%11)[nH]c%10c9)cc8C7)cc6)cc4)=N5)cc3[nH]2)cc1. The molecule has 95 heavy (non-hydrogen) atoms. The molecule has 0 spiro atoms. The van der Waals surface area contributed by atoms with E-state index in [2.05, 4.69) is 91.9 Å². The number of aromatic nitrogens is 4. The number of amides is 4. The fourth-order valence-corrected chi connectivity index (χ4v) is 11.4. The maximum absolute atomic E-state index is 13.0. The number of aromatic amines is 2. The Morgan fingerprint density at radius 2 is 0.695 bits per heavy atom. The molecule has 2 aromatic heterocycles. The number of imidazole rings is 2. The molecule has 2 aliphatic heterocycles. The van der Waals surface area contributed by atoms with Crippen LogP contribution in [-0.4, -0.2) is 172 Å². The van der Waals surface area contributed by atoms with Gasteiger partial charge in [-0.25, -0.2) is 9.97 Å². The second-order valence-corrected chi connectivity index (χ2v) is 24.3. The summed E-state index contributed by atoms with van der Waals surface area (Å²) in [5, 5.41) is 11.9. The highest BCUT2D eigenvalue weighted by Crippen LogP contribution is 2.36. The molecule has 4 amide bonds. The zero-order valence-corrected chi connectivity index (χ0v) is 54.0. The zero-order chi connectivity index (χ0) is 65.6. The fraction of sp³-hybridized carbons (Fsp3) is 0.263. The van der Waals surface area contributed by atoms with E-state index in [0.717, 1.165) is 125 Å². The van der Waals surface area contributed by atoms with E-state index in [9.17, 15) is 19.2 Å². The van der Waals surface area contributed by atoms with E-state index in [4.69, 9.17) is 34.2 Å². The second-order valence-electron chi connectivity index (χ2n) is 24.3. The molecule has 12 rings (SSSR count). The highest BCUT2D eigenvalue weighted by Gasteiger charge is 2.21. The Bertz CT molecular complexity index is 4160. The molecule has 10 aromatic rings. The van der Waals surface area contributed by atoms with Crippen molar-refractivity contribution in [1.29, 1.82) is 0 Å². The lowest BCUT2D eigenvalue weighted by Gasteiger charge is -2.10. The number of hydrogen-bond donors (Lipinski definition) is 6. The number of likely N-dealkylation sites (N-methyl/N-ethyl adjacent to an activating group) is 2. The Balaban J connectivity index is 0.488. The summed E-state index contributed by atoms with van der Waals surface area (Å²) in [6.45, 7) is 6.43. The van der Waals surface area contributed by atoms with Gasteiger partial charge in [0.2, 0.25) is 0 Å². The molecule has 19 heteroatoms. The van der Waals surface area contributed by atoms with Gasteiger partial charge in [-0.15, -0.1) is 0 Å². The average molecular weight is 1270 g/mol. The van der Waals surface area contributed by atoms with Crippen molar-refractivity contribution in [1.82, 2.24) is 51.0 Å². The van der Waals surface area contributed by atoms with Crippen LogP contribution in [0.15, 0.2) is 180 Å². The number of rotatable bonds is 30. The fourth-order valence-electron chi connectivity index (χ4n) is 11.4. The number of nitrogens with one attached hydrogen (secondary N) is 6. The summed E-state index contributed by atoms with van der Waals surface area (Å²) in [6, 6.07) is 55.3. The van der Waals surface area contributed by atoms with Crippen molar-refractivity contribution in [2.75, 3.05) is 107 Å². The van der Waals surface area contributed by atoms with Gasteiger partial charge in [-0.1, -0.05) is 72.8 Å². The van der Waals surface area contributed by atoms with Crippen LogP contribution in [0.1, 0.15) is 76.5 Å². The molecular formula is C76H78N12O7. The molecule has 0 fully saturated rings. The van der Waals surface area contributed by atoms with Crippen molar-refractivity contribution in [2.45, 2.75) is 25.7 Å². The van der Waals surface area contributed by atoms with Crippen LogP contribution in [0.5, 0.6) is 0 Å². The number of H-pyrrole nitrogens is 2. The summed E-state index contributed by atoms with van der Waals surface area (Å²) in [4.78, 5) is 81.7. The van der Waals surface area contributed by atoms with Crippen molar-refractivity contribution < 1.29 is 33.4 Å². The summed E-state index contributed by atoms with van der Waals surface area (Å²) < 4.78 is 17.1. The Hall–Kier alpha value is -10.3. The van der Waals surface area contributed by atoms with Gasteiger partial charge in [0.1, 0.15) is 11.6 Å². The van der Waals surface area contributed by atoms with Crippen LogP contribution in [0, 0.1) is 0 Å². The van der Waals surface area contributed by atoms with E-state index in [1.807, 2.05) is 147 Å². The van der Waals surface area contributed by atoms with Crippen LogP contribution in [0.25, 0.3) is 67.1 Å². The molecule has 0 bridgehead atoms. The van der Waals surface area contributed by atoms with E-state index in [0.29, 0.717) is 114 Å². The molecule has 19 nitrogen and oxygen atoms in total. The third-order valence-corrected chi connectivity index (χ3v) is 16.8. The first-order valence-electron chi connectivity index (χ1n) is 32.3. The number of benzene rings is 8. The number of carbonyl (C=O) groups is 4. The first kappa shape index (κ1) is 64.8. The highest BCUT2D eigenvalue weighted by molar-refractivity contribution is 6.09. The monoisotopic (exact) mass is 1270 g/mol. The summed E-state index contributed by atoms with van der Waals surface area (Å²) in [7, 11) is 7.90. The van der Waals surface area contributed by atoms with Gasteiger partial charge in [0, 0.05) is 98.7 Å².